The van der Waals surface area contributed by atoms with Gasteiger partial charge in [-0.1, -0.05) is 30.3 Å². The standard InChI is InChI=1S/C16H14N4O/c21-15-7-6-13(9-17-15)14-10-19-16(20-11-14)18-8-12-4-2-1-3-5-12/h1-7,9-11H,8H2,(H,17,21)(H,18,19,20). The van der Waals surface area contributed by atoms with Gasteiger partial charge in [0.25, 0.3) is 0 Å². The predicted octanol–water partition coefficient (Wildman–Crippen LogP) is 2.44. The summed E-state index contributed by atoms with van der Waals surface area (Å²) in [6.07, 6.45) is 5.11. The van der Waals surface area contributed by atoms with Gasteiger partial charge >= 0.3 is 0 Å². The fraction of sp³-hybridized carbons (Fsp3) is 0.0625. The molecule has 2 aromatic heterocycles. The summed E-state index contributed by atoms with van der Waals surface area (Å²) in [4.78, 5) is 22.2. The van der Waals surface area contributed by atoms with Crippen LogP contribution in [0, 0.1) is 0 Å². The third kappa shape index (κ3) is 3.33. The van der Waals surface area contributed by atoms with Crippen LogP contribution in [0.2, 0.25) is 0 Å². The first-order valence-corrected chi connectivity index (χ1v) is 6.60. The normalized spacial score (nSPS) is 10.3. The Morgan fingerprint density at radius 1 is 0.952 bits per heavy atom. The first kappa shape index (κ1) is 13.1. The Bertz CT molecular complexity index is 746. The summed E-state index contributed by atoms with van der Waals surface area (Å²) in [6.45, 7) is 0.679. The molecule has 5 heteroatoms. The molecule has 0 atom stereocenters. The second-order valence-electron chi connectivity index (χ2n) is 4.58. The minimum atomic E-state index is -0.124. The van der Waals surface area contributed by atoms with Crippen LogP contribution in [0.3, 0.4) is 0 Å². The number of hydrogen-bond acceptors (Lipinski definition) is 4. The van der Waals surface area contributed by atoms with Crippen LogP contribution in [-0.4, -0.2) is 15.0 Å². The highest BCUT2D eigenvalue weighted by molar-refractivity contribution is 5.60. The Morgan fingerprint density at radius 3 is 2.38 bits per heavy atom. The van der Waals surface area contributed by atoms with Crippen LogP contribution in [-0.2, 0) is 6.54 Å². The first-order chi connectivity index (χ1) is 10.3. The minimum absolute atomic E-state index is 0.124. The van der Waals surface area contributed by atoms with Gasteiger partial charge in [0.1, 0.15) is 0 Å². The number of pyridine rings is 1. The van der Waals surface area contributed by atoms with Gasteiger partial charge in [0, 0.05) is 42.3 Å². The third-order valence-corrected chi connectivity index (χ3v) is 3.06. The number of anilines is 1. The van der Waals surface area contributed by atoms with Crippen LogP contribution in [0.15, 0.2) is 65.8 Å². The highest BCUT2D eigenvalue weighted by Crippen LogP contribution is 2.15. The molecule has 0 saturated carbocycles. The van der Waals surface area contributed by atoms with E-state index in [1.54, 1.807) is 24.7 Å². The molecule has 0 aliphatic rings. The van der Waals surface area contributed by atoms with E-state index in [0.717, 1.165) is 11.1 Å². The number of hydrogen-bond donors (Lipinski definition) is 2. The monoisotopic (exact) mass is 278 g/mol. The summed E-state index contributed by atoms with van der Waals surface area (Å²) in [6, 6.07) is 13.3. The van der Waals surface area contributed by atoms with E-state index in [9.17, 15) is 4.79 Å². The second-order valence-corrected chi connectivity index (χ2v) is 4.58. The summed E-state index contributed by atoms with van der Waals surface area (Å²) in [5.41, 5.74) is 2.78. The maximum Gasteiger partial charge on any atom is 0.247 e. The maximum absolute atomic E-state index is 11.0. The molecule has 0 saturated heterocycles. The Morgan fingerprint density at radius 2 is 1.71 bits per heavy atom. The van der Waals surface area contributed by atoms with E-state index in [4.69, 9.17) is 0 Å². The zero-order valence-electron chi connectivity index (χ0n) is 11.3. The molecule has 0 amide bonds. The van der Waals surface area contributed by atoms with E-state index >= 15 is 0 Å². The van der Waals surface area contributed by atoms with Crippen LogP contribution in [0.1, 0.15) is 5.56 Å². The van der Waals surface area contributed by atoms with E-state index in [-0.39, 0.29) is 5.56 Å². The summed E-state index contributed by atoms with van der Waals surface area (Å²) in [5, 5.41) is 3.17. The third-order valence-electron chi connectivity index (χ3n) is 3.06. The fourth-order valence-corrected chi connectivity index (χ4v) is 1.94. The molecule has 3 aromatic rings. The molecule has 0 radical (unpaired) electrons. The van der Waals surface area contributed by atoms with E-state index in [1.807, 2.05) is 30.3 Å². The number of aromatic amines is 1. The molecule has 0 aliphatic carbocycles. The van der Waals surface area contributed by atoms with Crippen molar-refractivity contribution < 1.29 is 0 Å². The number of nitrogens with one attached hydrogen (secondary N) is 2. The average molecular weight is 278 g/mol. The highest BCUT2D eigenvalue weighted by atomic mass is 16.1. The van der Waals surface area contributed by atoms with Crippen molar-refractivity contribution in [1.82, 2.24) is 15.0 Å². The van der Waals surface area contributed by atoms with Gasteiger partial charge in [0.15, 0.2) is 0 Å². The Labute approximate surface area is 121 Å². The van der Waals surface area contributed by atoms with Gasteiger partial charge in [-0.05, 0) is 11.6 Å². The van der Waals surface area contributed by atoms with E-state index in [1.165, 1.54) is 11.6 Å². The first-order valence-electron chi connectivity index (χ1n) is 6.60. The fourth-order valence-electron chi connectivity index (χ4n) is 1.94. The molecule has 21 heavy (non-hydrogen) atoms. The summed E-state index contributed by atoms with van der Waals surface area (Å²) >= 11 is 0. The van der Waals surface area contributed by atoms with E-state index < -0.39 is 0 Å². The Kier molecular flexibility index (Phi) is 3.73. The summed E-state index contributed by atoms with van der Waals surface area (Å²) in [5.74, 6) is 0.576. The van der Waals surface area contributed by atoms with Gasteiger partial charge in [0.05, 0.1) is 0 Å². The molecular weight excluding hydrogens is 264 g/mol. The lowest BCUT2D eigenvalue weighted by atomic mass is 10.2. The molecule has 0 fully saturated rings. The molecule has 0 unspecified atom stereocenters. The smallest absolute Gasteiger partial charge is 0.247 e. The van der Waals surface area contributed by atoms with Crippen molar-refractivity contribution in [1.29, 1.82) is 0 Å². The highest BCUT2D eigenvalue weighted by Gasteiger charge is 2.00. The molecule has 1 aromatic carbocycles. The van der Waals surface area contributed by atoms with Gasteiger partial charge in [-0.3, -0.25) is 4.79 Å². The van der Waals surface area contributed by atoms with Crippen LogP contribution in [0.5, 0.6) is 0 Å². The number of rotatable bonds is 4. The SMILES string of the molecule is O=c1ccc(-c2cnc(NCc3ccccc3)nc2)c[nH]1. The Balaban J connectivity index is 1.69. The zero-order chi connectivity index (χ0) is 14.5. The van der Waals surface area contributed by atoms with Gasteiger partial charge in [-0.2, -0.15) is 0 Å². The lowest BCUT2D eigenvalue weighted by Gasteiger charge is -2.05. The average Bonchev–Trinajstić information content (AvgIpc) is 2.55. The predicted molar refractivity (Wildman–Crippen MR) is 81.9 cm³/mol. The zero-order valence-corrected chi connectivity index (χ0v) is 11.3. The topological polar surface area (TPSA) is 70.7 Å². The minimum Gasteiger partial charge on any atom is -0.350 e. The molecule has 0 spiro atoms. The van der Waals surface area contributed by atoms with Gasteiger partial charge in [-0.15, -0.1) is 0 Å². The van der Waals surface area contributed by atoms with Crippen LogP contribution >= 0.6 is 0 Å². The molecule has 2 N–H and O–H groups in total. The van der Waals surface area contributed by atoms with Crippen molar-refractivity contribution in [2.24, 2.45) is 0 Å². The van der Waals surface area contributed by atoms with Crippen molar-refractivity contribution in [3.63, 3.8) is 0 Å². The van der Waals surface area contributed by atoms with Crippen LogP contribution in [0.4, 0.5) is 5.95 Å². The van der Waals surface area contributed by atoms with Crippen molar-refractivity contribution in [3.8, 4) is 11.1 Å². The lowest BCUT2D eigenvalue weighted by molar-refractivity contribution is 1.05. The largest absolute Gasteiger partial charge is 0.350 e. The van der Waals surface area contributed by atoms with Gasteiger partial charge in [0.2, 0.25) is 11.5 Å². The number of aromatic nitrogens is 3. The van der Waals surface area contributed by atoms with E-state index in [2.05, 4.69) is 20.3 Å². The van der Waals surface area contributed by atoms with Crippen molar-refractivity contribution in [3.05, 3.63) is 77.0 Å². The molecule has 0 bridgehead atoms. The number of H-pyrrole nitrogens is 1. The van der Waals surface area contributed by atoms with Crippen LogP contribution in [0.25, 0.3) is 11.1 Å². The molecule has 0 aliphatic heterocycles. The van der Waals surface area contributed by atoms with Gasteiger partial charge < -0.3 is 10.3 Å². The maximum atomic E-state index is 11.0. The van der Waals surface area contributed by atoms with Gasteiger partial charge in [-0.25, -0.2) is 9.97 Å². The summed E-state index contributed by atoms with van der Waals surface area (Å²) in [7, 11) is 0. The molecule has 3 rings (SSSR count). The quantitative estimate of drug-likeness (QED) is 0.769. The van der Waals surface area contributed by atoms with Crippen molar-refractivity contribution in [2.45, 2.75) is 6.54 Å². The summed E-state index contributed by atoms with van der Waals surface area (Å²) < 4.78 is 0. The number of nitrogens with zero attached hydrogens (tertiary/aromatic N) is 2. The number of benzene rings is 1. The molecular formula is C16H14N4O. The lowest BCUT2D eigenvalue weighted by Crippen LogP contribution is -2.04. The Hall–Kier alpha value is -2.95. The van der Waals surface area contributed by atoms with Crippen molar-refractivity contribution >= 4 is 5.95 Å². The molecule has 2 heterocycles. The molecule has 104 valence electrons. The van der Waals surface area contributed by atoms with Crippen molar-refractivity contribution in [2.75, 3.05) is 5.32 Å². The van der Waals surface area contributed by atoms with E-state index in [0.29, 0.717) is 12.5 Å². The molecule has 5 nitrogen and oxygen atoms in total. The van der Waals surface area contributed by atoms with Crippen LogP contribution < -0.4 is 10.9 Å². The second kappa shape index (κ2) is 6.00.